The zero-order chi connectivity index (χ0) is 26.7. The molecule has 3 aliphatic carbocycles. The summed E-state index contributed by atoms with van der Waals surface area (Å²) in [7, 11) is 0. The van der Waals surface area contributed by atoms with Crippen LogP contribution < -0.4 is 4.74 Å². The molecule has 194 valence electrons. The van der Waals surface area contributed by atoms with Crippen LogP contribution in [0.4, 0.5) is 26.3 Å². The van der Waals surface area contributed by atoms with Gasteiger partial charge in [-0.2, -0.15) is 14.0 Å². The second-order valence-electron chi connectivity index (χ2n) is 9.79. The molecule has 1 aromatic heterocycles. The molecule has 7 nitrogen and oxygen atoms in total. The number of benzene rings is 2. The Morgan fingerprint density at radius 2 is 1.73 bits per heavy atom. The number of nitriles is 1. The second kappa shape index (κ2) is 8.17. The number of alkyl halides is 4. The predicted molar refractivity (Wildman–Crippen MR) is 113 cm³/mol. The van der Waals surface area contributed by atoms with Gasteiger partial charge >= 0.3 is 5.92 Å². The number of hydrogen-bond donors (Lipinski definition) is 1. The molecule has 3 fully saturated rings. The molecule has 0 spiro atoms. The van der Waals surface area contributed by atoms with Crippen molar-refractivity contribution in [3.8, 4) is 11.8 Å². The van der Waals surface area contributed by atoms with E-state index in [2.05, 4.69) is 15.5 Å². The summed E-state index contributed by atoms with van der Waals surface area (Å²) in [6, 6.07) is 8.82. The molecule has 6 rings (SSSR count). The number of ether oxygens (including phenoxy) is 1. The Hall–Kier alpha value is -3.66. The van der Waals surface area contributed by atoms with Gasteiger partial charge in [-0.05, 0) is 64.9 Å². The van der Waals surface area contributed by atoms with Crippen LogP contribution in [0.5, 0.6) is 5.75 Å². The summed E-state index contributed by atoms with van der Waals surface area (Å²) < 4.78 is 92.5. The van der Waals surface area contributed by atoms with Crippen LogP contribution in [0.15, 0.2) is 48.8 Å². The van der Waals surface area contributed by atoms with Gasteiger partial charge in [0.15, 0.2) is 12.2 Å². The van der Waals surface area contributed by atoms with E-state index in [0.717, 1.165) is 29.2 Å². The summed E-state index contributed by atoms with van der Waals surface area (Å²) in [5.41, 5.74) is -5.47. The van der Waals surface area contributed by atoms with Gasteiger partial charge in [0.1, 0.15) is 29.8 Å². The third-order valence-electron chi connectivity index (χ3n) is 7.43. The Bertz CT molecular complexity index is 1340. The summed E-state index contributed by atoms with van der Waals surface area (Å²) in [6.45, 7) is -1.99. The minimum Gasteiger partial charge on any atom is -0.486 e. The maximum Gasteiger partial charge on any atom is 0.364 e. The summed E-state index contributed by atoms with van der Waals surface area (Å²) in [5, 5.41) is 30.0. The molecule has 0 saturated heterocycles. The van der Waals surface area contributed by atoms with E-state index in [9.17, 15) is 22.7 Å². The van der Waals surface area contributed by atoms with E-state index < -0.39 is 58.6 Å². The molecule has 0 unspecified atom stereocenters. The van der Waals surface area contributed by atoms with E-state index in [0.29, 0.717) is 11.6 Å². The fourth-order valence-corrected chi connectivity index (χ4v) is 5.64. The van der Waals surface area contributed by atoms with Crippen LogP contribution >= 0.6 is 0 Å². The average Bonchev–Trinajstić information content (AvgIpc) is 3.29. The van der Waals surface area contributed by atoms with Crippen LogP contribution in [0, 0.1) is 28.4 Å². The number of aliphatic hydroxyl groups is 1. The lowest BCUT2D eigenvalue weighted by atomic mass is 9.30. The van der Waals surface area contributed by atoms with Gasteiger partial charge in [0.2, 0.25) is 0 Å². The molecular formula is C24H19F6N5O2. The molecular weight excluding hydrogens is 504 g/mol. The highest BCUT2D eigenvalue weighted by Gasteiger charge is 2.82. The molecule has 37 heavy (non-hydrogen) atoms. The van der Waals surface area contributed by atoms with Crippen molar-refractivity contribution in [3.63, 3.8) is 0 Å². The molecule has 0 amide bonds. The highest BCUT2D eigenvalue weighted by Crippen LogP contribution is 2.80. The first-order valence-corrected chi connectivity index (χ1v) is 11.1. The average molecular weight is 523 g/mol. The Morgan fingerprint density at radius 3 is 2.30 bits per heavy atom. The standard InChI is InChI=1S/C24H19F6N5O2/c25-16-3-6-18(19(26)7-16)23(36,12-35-14-32-33-34-35)24(29,30)21-8-20(9-21,10-21)15-1-4-17(5-2-15)37-13-22(27,28)11-31/h1-7,14,36H,8-10,12-13H2/t20?,21?,23-/m0/s1. The molecule has 0 radical (unpaired) electrons. The van der Waals surface area contributed by atoms with Crippen LogP contribution in [-0.2, 0) is 17.6 Å². The monoisotopic (exact) mass is 523 g/mol. The molecule has 13 heteroatoms. The molecule has 1 heterocycles. The number of nitrogens with zero attached hydrogens (tertiary/aromatic N) is 5. The number of tetrazole rings is 1. The highest BCUT2D eigenvalue weighted by molar-refractivity contribution is 5.44. The van der Waals surface area contributed by atoms with Crippen molar-refractivity contribution in [2.24, 2.45) is 5.41 Å². The molecule has 3 saturated carbocycles. The van der Waals surface area contributed by atoms with Crippen molar-refractivity contribution < 1.29 is 36.2 Å². The van der Waals surface area contributed by atoms with Crippen molar-refractivity contribution in [1.29, 1.82) is 5.26 Å². The first kappa shape index (κ1) is 25.0. The molecule has 0 aliphatic heterocycles. The number of halogens is 6. The smallest absolute Gasteiger partial charge is 0.364 e. The van der Waals surface area contributed by atoms with Crippen LogP contribution in [0.25, 0.3) is 0 Å². The van der Waals surface area contributed by atoms with Gasteiger partial charge in [-0.3, -0.25) is 0 Å². The maximum atomic E-state index is 16.2. The fraction of sp³-hybridized carbons (Fsp3) is 0.417. The zero-order valence-electron chi connectivity index (χ0n) is 19.0. The largest absolute Gasteiger partial charge is 0.486 e. The number of rotatable bonds is 9. The summed E-state index contributed by atoms with van der Waals surface area (Å²) >= 11 is 0. The Labute approximate surface area is 206 Å². The van der Waals surface area contributed by atoms with Gasteiger partial charge in [-0.15, -0.1) is 5.10 Å². The third-order valence-corrected chi connectivity index (χ3v) is 7.43. The van der Waals surface area contributed by atoms with Crippen LogP contribution in [0.3, 0.4) is 0 Å². The summed E-state index contributed by atoms with van der Waals surface area (Å²) in [5.74, 6) is -9.73. The second-order valence-corrected chi connectivity index (χ2v) is 9.79. The summed E-state index contributed by atoms with van der Waals surface area (Å²) in [4.78, 5) is 0. The molecule has 1 atom stereocenters. The van der Waals surface area contributed by atoms with E-state index in [4.69, 9.17) is 10.00 Å². The fourth-order valence-electron chi connectivity index (χ4n) is 5.64. The lowest BCUT2D eigenvalue weighted by molar-refractivity contribution is -0.347. The minimum atomic E-state index is -3.86. The maximum absolute atomic E-state index is 16.2. The molecule has 3 aromatic rings. The van der Waals surface area contributed by atoms with Gasteiger partial charge in [-0.25, -0.2) is 22.2 Å². The van der Waals surface area contributed by atoms with Gasteiger partial charge in [0, 0.05) is 17.0 Å². The Morgan fingerprint density at radius 1 is 1.05 bits per heavy atom. The van der Waals surface area contributed by atoms with Crippen LogP contribution in [0.1, 0.15) is 30.4 Å². The van der Waals surface area contributed by atoms with Gasteiger partial charge in [-0.1, -0.05) is 12.1 Å². The first-order valence-electron chi connectivity index (χ1n) is 11.1. The molecule has 2 bridgehead atoms. The van der Waals surface area contributed by atoms with Crippen molar-refractivity contribution >= 4 is 0 Å². The Balaban J connectivity index is 1.38. The third kappa shape index (κ3) is 3.81. The molecule has 2 aromatic carbocycles. The normalized spacial score (nSPS) is 24.4. The zero-order valence-corrected chi connectivity index (χ0v) is 19.0. The number of hydrogen-bond acceptors (Lipinski definition) is 6. The van der Waals surface area contributed by atoms with Gasteiger partial charge in [0.05, 0.1) is 6.54 Å². The lowest BCUT2D eigenvalue weighted by Gasteiger charge is -2.74. The lowest BCUT2D eigenvalue weighted by Crippen LogP contribution is -2.76. The topological polar surface area (TPSA) is 96.8 Å². The van der Waals surface area contributed by atoms with Crippen molar-refractivity contribution in [2.45, 2.75) is 48.7 Å². The Kier molecular flexibility index (Phi) is 5.52. The molecule has 3 aliphatic rings. The van der Waals surface area contributed by atoms with Gasteiger partial charge in [0.25, 0.3) is 5.92 Å². The van der Waals surface area contributed by atoms with E-state index in [1.807, 2.05) is 0 Å². The van der Waals surface area contributed by atoms with E-state index in [1.54, 1.807) is 12.1 Å². The SMILES string of the molecule is N#CC(F)(F)COc1ccc(C23CC(C(F)(F)[C@](O)(Cn4cnnn4)c4ccc(F)cc4F)(C2)C3)cc1. The highest BCUT2D eigenvalue weighted by atomic mass is 19.3. The number of aromatic nitrogens is 4. The van der Waals surface area contributed by atoms with E-state index in [1.165, 1.54) is 12.1 Å². The van der Waals surface area contributed by atoms with Gasteiger partial charge < -0.3 is 9.84 Å². The van der Waals surface area contributed by atoms with E-state index in [-0.39, 0.29) is 25.0 Å². The molecule has 1 N–H and O–H groups in total. The van der Waals surface area contributed by atoms with Crippen LogP contribution in [-0.4, -0.2) is 43.8 Å². The minimum absolute atomic E-state index is 0.0273. The predicted octanol–water partition coefficient (Wildman–Crippen LogP) is 4.13. The quantitative estimate of drug-likeness (QED) is 0.424. The van der Waals surface area contributed by atoms with Crippen molar-refractivity contribution in [2.75, 3.05) is 6.61 Å². The summed E-state index contributed by atoms with van der Waals surface area (Å²) in [6.07, 6.45) is 0.920. The van der Waals surface area contributed by atoms with Crippen molar-refractivity contribution in [3.05, 3.63) is 71.6 Å². The first-order chi connectivity index (χ1) is 17.4. The van der Waals surface area contributed by atoms with E-state index >= 15 is 8.78 Å². The van der Waals surface area contributed by atoms with Crippen LogP contribution in [0.2, 0.25) is 0 Å². The van der Waals surface area contributed by atoms with Crippen molar-refractivity contribution in [1.82, 2.24) is 20.2 Å².